The Hall–Kier alpha value is -3.82. The fourth-order valence-corrected chi connectivity index (χ4v) is 7.16. The van der Waals surface area contributed by atoms with Crippen LogP contribution < -0.4 is 5.32 Å². The quantitative estimate of drug-likeness (QED) is 0.383. The highest BCUT2D eigenvalue weighted by Crippen LogP contribution is 2.48. The Morgan fingerprint density at radius 3 is 2.31 bits per heavy atom. The van der Waals surface area contributed by atoms with Crippen LogP contribution in [0.1, 0.15) is 31.2 Å². The summed E-state index contributed by atoms with van der Waals surface area (Å²) in [6, 6.07) is 19.2. The normalized spacial score (nSPS) is 22.1. The number of ketones is 2. The smallest absolute Gasteiger partial charge is 0.228 e. The standard InChI is InChI=1S/C23H16ClNO4S.C6H9NO2/c24-19-7-9-20(10-8-19)30(28,29)23-13-21(26)25(23)14-18(22(23)27)12-15-5-6-16-3-1-2-4-17(16)11-15;8-5-1-2-6(9)7-4-3-5/h1-12H,13-14H2;1-4H2,(H,7,9). The maximum absolute atomic E-state index is 13.4. The zero-order valence-electron chi connectivity index (χ0n) is 20.9. The molecule has 200 valence electrons. The topological polar surface area (TPSA) is 118 Å². The first kappa shape index (κ1) is 26.8. The Morgan fingerprint density at radius 2 is 1.59 bits per heavy atom. The number of nitrogens with one attached hydrogen (secondary N) is 1. The summed E-state index contributed by atoms with van der Waals surface area (Å²) in [6.07, 6.45) is 2.64. The minimum Gasteiger partial charge on any atom is -0.356 e. The molecule has 3 saturated heterocycles. The highest BCUT2D eigenvalue weighted by molar-refractivity contribution is 7.93. The van der Waals surface area contributed by atoms with Crippen LogP contribution in [0.25, 0.3) is 16.8 Å². The second-order valence-electron chi connectivity index (χ2n) is 9.64. The second-order valence-corrected chi connectivity index (χ2v) is 12.2. The number of amides is 2. The van der Waals surface area contributed by atoms with Crippen molar-refractivity contribution < 1.29 is 27.6 Å². The molecule has 1 atom stereocenters. The van der Waals surface area contributed by atoms with Gasteiger partial charge in [-0.25, -0.2) is 8.42 Å². The highest BCUT2D eigenvalue weighted by Gasteiger charge is 2.69. The summed E-state index contributed by atoms with van der Waals surface area (Å²) in [5.74, 6) is -0.692. The van der Waals surface area contributed by atoms with Gasteiger partial charge >= 0.3 is 0 Å². The van der Waals surface area contributed by atoms with Crippen LogP contribution in [-0.4, -0.2) is 54.7 Å². The highest BCUT2D eigenvalue weighted by atomic mass is 35.5. The van der Waals surface area contributed by atoms with Crippen LogP contribution in [0.3, 0.4) is 0 Å². The van der Waals surface area contributed by atoms with Crippen molar-refractivity contribution in [2.75, 3.05) is 13.1 Å². The number of Topliss-reactive ketones (excluding diaryl/α,β-unsaturated/α-hetero) is 2. The third kappa shape index (κ3) is 4.88. The van der Waals surface area contributed by atoms with E-state index in [-0.39, 0.29) is 35.5 Å². The summed E-state index contributed by atoms with van der Waals surface area (Å²) in [4.78, 5) is 46.0. The molecule has 0 aromatic heterocycles. The fraction of sp³-hybridized carbons (Fsp3) is 0.241. The number of sulfone groups is 1. The van der Waals surface area contributed by atoms with E-state index in [0.717, 1.165) is 16.3 Å². The fourth-order valence-electron chi connectivity index (χ4n) is 5.01. The van der Waals surface area contributed by atoms with Gasteiger partial charge in [-0.3, -0.25) is 19.2 Å². The summed E-state index contributed by atoms with van der Waals surface area (Å²) in [5.41, 5.74) is 1.10. The maximum Gasteiger partial charge on any atom is 0.228 e. The Balaban J connectivity index is 0.000000292. The lowest BCUT2D eigenvalue weighted by atomic mass is 9.98. The molecule has 3 aromatic carbocycles. The Bertz CT molecular complexity index is 1630. The van der Waals surface area contributed by atoms with E-state index < -0.39 is 20.5 Å². The minimum atomic E-state index is -4.10. The Kier molecular flexibility index (Phi) is 7.13. The van der Waals surface area contributed by atoms with Crippen molar-refractivity contribution in [2.24, 2.45) is 0 Å². The molecule has 6 rings (SSSR count). The number of benzene rings is 3. The number of rotatable bonds is 3. The van der Waals surface area contributed by atoms with Crippen LogP contribution in [0.5, 0.6) is 0 Å². The first-order valence-electron chi connectivity index (χ1n) is 12.4. The molecule has 0 bridgehead atoms. The summed E-state index contributed by atoms with van der Waals surface area (Å²) >= 11 is 5.87. The molecular formula is C29H25ClN2O6S. The lowest BCUT2D eigenvalue weighted by Gasteiger charge is -2.44. The first-order chi connectivity index (χ1) is 18.6. The number of β-lactam (4-membered cyclic amide) rings is 1. The SMILES string of the molecule is O=C1CC2(S(=O)(=O)c3ccc(Cl)cc3)C(=O)C(=Cc3ccc4ccccc4c3)CN12.O=C1CCNC(=O)CC1. The molecule has 10 heteroatoms. The summed E-state index contributed by atoms with van der Waals surface area (Å²) in [6.45, 7) is 0.509. The van der Waals surface area contributed by atoms with Crippen LogP contribution in [0.4, 0.5) is 0 Å². The molecule has 0 saturated carbocycles. The molecule has 3 aliphatic heterocycles. The van der Waals surface area contributed by atoms with Gasteiger partial charge in [-0.2, -0.15) is 0 Å². The molecule has 3 heterocycles. The molecule has 0 aliphatic carbocycles. The summed E-state index contributed by atoms with van der Waals surface area (Å²) in [7, 11) is -4.10. The van der Waals surface area contributed by atoms with Gasteiger partial charge in [0.1, 0.15) is 5.78 Å². The molecule has 0 spiro atoms. The van der Waals surface area contributed by atoms with Gasteiger partial charge in [-0.05, 0) is 52.7 Å². The van der Waals surface area contributed by atoms with Crippen LogP contribution in [0.15, 0.2) is 77.2 Å². The molecule has 3 aliphatic rings. The van der Waals surface area contributed by atoms with Crippen LogP contribution in [0, 0.1) is 0 Å². The van der Waals surface area contributed by atoms with Crippen LogP contribution >= 0.6 is 11.6 Å². The van der Waals surface area contributed by atoms with E-state index in [0.29, 0.717) is 36.4 Å². The number of carbonyl (C=O) groups is 4. The van der Waals surface area contributed by atoms with E-state index in [9.17, 15) is 27.6 Å². The van der Waals surface area contributed by atoms with Crippen LogP contribution in [0.2, 0.25) is 5.02 Å². The lowest BCUT2D eigenvalue weighted by molar-refractivity contribution is -0.150. The van der Waals surface area contributed by atoms with Gasteiger partial charge in [0.2, 0.25) is 32.3 Å². The van der Waals surface area contributed by atoms with Gasteiger partial charge in [0.05, 0.1) is 17.9 Å². The second kappa shape index (κ2) is 10.4. The van der Waals surface area contributed by atoms with Gasteiger partial charge in [0, 0.05) is 36.4 Å². The third-order valence-electron chi connectivity index (χ3n) is 7.14. The molecule has 3 fully saturated rings. The number of hydrogen-bond donors (Lipinski definition) is 1. The summed E-state index contributed by atoms with van der Waals surface area (Å²) in [5, 5.41) is 5.09. The predicted octanol–water partition coefficient (Wildman–Crippen LogP) is 3.72. The predicted molar refractivity (Wildman–Crippen MR) is 146 cm³/mol. The van der Waals surface area contributed by atoms with Gasteiger partial charge in [0.25, 0.3) is 0 Å². The number of carbonyl (C=O) groups excluding carboxylic acids is 4. The Labute approximate surface area is 230 Å². The average molecular weight is 565 g/mol. The van der Waals surface area contributed by atoms with Crippen molar-refractivity contribution in [1.82, 2.24) is 10.2 Å². The van der Waals surface area contributed by atoms with Crippen molar-refractivity contribution in [2.45, 2.75) is 35.4 Å². The number of fused-ring (bicyclic) bond motifs is 2. The molecule has 39 heavy (non-hydrogen) atoms. The molecule has 3 aromatic rings. The molecule has 1 unspecified atom stereocenters. The number of halogens is 1. The number of nitrogens with zero attached hydrogens (tertiary/aromatic N) is 1. The molecular weight excluding hydrogens is 540 g/mol. The Morgan fingerprint density at radius 1 is 0.872 bits per heavy atom. The largest absolute Gasteiger partial charge is 0.356 e. The third-order valence-corrected chi connectivity index (χ3v) is 9.73. The monoisotopic (exact) mass is 564 g/mol. The van der Waals surface area contributed by atoms with Crippen molar-refractivity contribution in [3.05, 3.63) is 82.9 Å². The molecule has 8 nitrogen and oxygen atoms in total. The summed E-state index contributed by atoms with van der Waals surface area (Å²) < 4.78 is 26.7. The average Bonchev–Trinajstić information content (AvgIpc) is 3.01. The zero-order chi connectivity index (χ0) is 27.8. The molecule has 2 amide bonds. The maximum atomic E-state index is 13.4. The van der Waals surface area contributed by atoms with Crippen molar-refractivity contribution in [1.29, 1.82) is 0 Å². The van der Waals surface area contributed by atoms with Gasteiger partial charge < -0.3 is 10.2 Å². The van der Waals surface area contributed by atoms with Crippen molar-refractivity contribution >= 4 is 61.7 Å². The van der Waals surface area contributed by atoms with E-state index in [2.05, 4.69) is 5.32 Å². The lowest BCUT2D eigenvalue weighted by Crippen LogP contribution is -2.67. The van der Waals surface area contributed by atoms with E-state index >= 15 is 0 Å². The first-order valence-corrected chi connectivity index (χ1v) is 14.3. The van der Waals surface area contributed by atoms with E-state index in [1.54, 1.807) is 6.08 Å². The van der Waals surface area contributed by atoms with Crippen molar-refractivity contribution in [3.8, 4) is 0 Å². The van der Waals surface area contributed by atoms with E-state index in [4.69, 9.17) is 11.6 Å². The minimum absolute atomic E-state index is 0.000787. The van der Waals surface area contributed by atoms with Gasteiger partial charge in [-0.15, -0.1) is 0 Å². The van der Waals surface area contributed by atoms with E-state index in [1.807, 2.05) is 42.5 Å². The van der Waals surface area contributed by atoms with E-state index in [1.165, 1.54) is 29.2 Å². The van der Waals surface area contributed by atoms with Crippen molar-refractivity contribution in [3.63, 3.8) is 0 Å². The number of hydrogen-bond acceptors (Lipinski definition) is 6. The zero-order valence-corrected chi connectivity index (χ0v) is 22.4. The van der Waals surface area contributed by atoms with Gasteiger partial charge in [-0.1, -0.05) is 48.0 Å². The van der Waals surface area contributed by atoms with Gasteiger partial charge in [0.15, 0.2) is 0 Å². The molecule has 1 N–H and O–H groups in total. The van der Waals surface area contributed by atoms with Crippen LogP contribution in [-0.2, 0) is 29.0 Å². The molecule has 0 radical (unpaired) electrons.